The molecule has 38 heavy (non-hydrogen) atoms. The second kappa shape index (κ2) is 19.4. The molecule has 0 radical (unpaired) electrons. The van der Waals surface area contributed by atoms with Crippen molar-refractivity contribution >= 4 is 21.8 Å². The Morgan fingerprint density at radius 2 is 1.66 bits per heavy atom. The first-order chi connectivity index (χ1) is 17.7. The van der Waals surface area contributed by atoms with Crippen molar-refractivity contribution in [1.29, 1.82) is 0 Å². The van der Waals surface area contributed by atoms with E-state index in [1.807, 2.05) is 41.5 Å². The maximum absolute atomic E-state index is 4.68. The molecule has 1 unspecified atom stereocenters. The molecule has 3 nitrogen and oxygen atoms in total. The Hall–Kier alpha value is -1.68. The van der Waals surface area contributed by atoms with Crippen molar-refractivity contribution in [2.45, 2.75) is 79.7 Å². The number of fused-ring (bicyclic) bond motifs is 2. The summed E-state index contributed by atoms with van der Waals surface area (Å²) >= 11 is 0. The predicted molar refractivity (Wildman–Crippen MR) is 167 cm³/mol. The number of unbranched alkanes of at least 4 members (excludes halogenated alkanes) is 1. The molecule has 5 rings (SSSR count). The SMILES string of the molecule is CC.CC.CC.[CH2-]CC[CH-]c1nc2ccc(-c3cccc4c(CC5CCCN5C)cccc34)cc2[nH]1.[CH3-].[Y+3]. The molecule has 1 N–H and O–H groups in total. The number of imidazole rings is 1. The number of nitrogens with one attached hydrogen (secondary N) is 1. The van der Waals surface area contributed by atoms with E-state index < -0.39 is 0 Å². The quantitative estimate of drug-likeness (QED) is 0.227. The largest absolute Gasteiger partial charge is 3.00 e. The van der Waals surface area contributed by atoms with Crippen LogP contribution in [0.2, 0.25) is 0 Å². The van der Waals surface area contributed by atoms with Gasteiger partial charge in [0.2, 0.25) is 0 Å². The number of rotatable bonds is 6. The van der Waals surface area contributed by atoms with Gasteiger partial charge in [0.25, 0.3) is 0 Å². The molecule has 0 bridgehead atoms. The minimum Gasteiger partial charge on any atom is -0.368 e. The maximum atomic E-state index is 4.68. The van der Waals surface area contributed by atoms with Gasteiger partial charge in [-0.3, -0.25) is 4.98 Å². The van der Waals surface area contributed by atoms with Crippen molar-refractivity contribution in [3.63, 3.8) is 0 Å². The third-order valence-electron chi connectivity index (χ3n) is 6.49. The van der Waals surface area contributed by atoms with Crippen LogP contribution in [0.3, 0.4) is 0 Å². The molecule has 4 heteroatoms. The van der Waals surface area contributed by atoms with Crippen molar-refractivity contribution in [3.05, 3.63) is 86.8 Å². The number of benzene rings is 3. The van der Waals surface area contributed by atoms with Gasteiger partial charge in [0.05, 0.1) is 11.0 Å². The van der Waals surface area contributed by atoms with Crippen molar-refractivity contribution in [2.24, 2.45) is 0 Å². The summed E-state index contributed by atoms with van der Waals surface area (Å²) in [6.45, 7) is 17.1. The van der Waals surface area contributed by atoms with Crippen LogP contribution in [-0.2, 0) is 39.1 Å². The average molecular weight is 590 g/mol. The van der Waals surface area contributed by atoms with Gasteiger partial charge in [-0.2, -0.15) is 6.42 Å². The van der Waals surface area contributed by atoms with Gasteiger partial charge in [-0.25, -0.2) is 6.42 Å². The summed E-state index contributed by atoms with van der Waals surface area (Å²) in [5.41, 5.74) is 6.08. The maximum Gasteiger partial charge on any atom is 3.00 e. The fraction of sp³-hybridized carbons (Fsp3) is 0.412. The summed E-state index contributed by atoms with van der Waals surface area (Å²) in [5, 5.41) is 2.71. The van der Waals surface area contributed by atoms with E-state index in [2.05, 4.69) is 89.9 Å². The van der Waals surface area contributed by atoms with Gasteiger partial charge in [0.1, 0.15) is 0 Å². The first kappa shape index (κ1) is 36.3. The molecule has 1 atom stereocenters. The molecule has 0 amide bonds. The zero-order valence-corrected chi connectivity index (χ0v) is 28.1. The van der Waals surface area contributed by atoms with Gasteiger partial charge in [0, 0.05) is 6.04 Å². The zero-order chi connectivity index (χ0) is 26.5. The van der Waals surface area contributed by atoms with Crippen LogP contribution in [0.25, 0.3) is 32.9 Å². The molecular weight excluding hydrogens is 539 g/mol. The Bertz CT molecular complexity index is 1180. The van der Waals surface area contributed by atoms with Gasteiger partial charge in [-0.1, -0.05) is 84.0 Å². The van der Waals surface area contributed by atoms with E-state index >= 15 is 0 Å². The molecule has 3 aromatic carbocycles. The van der Waals surface area contributed by atoms with Crippen LogP contribution >= 0.6 is 0 Å². The molecular formula is C34H50N3Y. The van der Waals surface area contributed by atoms with Gasteiger partial charge >= 0.3 is 32.7 Å². The number of nitrogens with zero attached hydrogens (tertiary/aromatic N) is 2. The van der Waals surface area contributed by atoms with Crippen LogP contribution in [-0.4, -0.2) is 34.5 Å². The molecule has 2 heterocycles. The van der Waals surface area contributed by atoms with Crippen molar-refractivity contribution in [2.75, 3.05) is 13.6 Å². The number of H-pyrrole nitrogens is 1. The van der Waals surface area contributed by atoms with Crippen molar-refractivity contribution < 1.29 is 32.7 Å². The monoisotopic (exact) mass is 589 g/mol. The zero-order valence-electron chi connectivity index (χ0n) is 25.3. The number of aromatic amines is 1. The molecule has 1 fully saturated rings. The molecule has 1 aliphatic rings. The molecule has 4 aromatic rings. The van der Waals surface area contributed by atoms with E-state index in [1.165, 1.54) is 46.8 Å². The van der Waals surface area contributed by atoms with Gasteiger partial charge in [0.15, 0.2) is 0 Å². The van der Waals surface area contributed by atoms with Crippen LogP contribution in [0.5, 0.6) is 0 Å². The summed E-state index contributed by atoms with van der Waals surface area (Å²) in [4.78, 5) is 10.6. The van der Waals surface area contributed by atoms with Crippen LogP contribution in [0.4, 0.5) is 0 Å². The summed E-state index contributed by atoms with van der Waals surface area (Å²) in [6, 6.07) is 20.7. The van der Waals surface area contributed by atoms with E-state index in [9.17, 15) is 0 Å². The Labute approximate surface area is 259 Å². The van der Waals surface area contributed by atoms with E-state index in [4.69, 9.17) is 0 Å². The summed E-state index contributed by atoms with van der Waals surface area (Å²) < 4.78 is 0. The molecule has 1 saturated heterocycles. The van der Waals surface area contributed by atoms with Crippen molar-refractivity contribution in [1.82, 2.24) is 14.9 Å². The van der Waals surface area contributed by atoms with Gasteiger partial charge < -0.3 is 30.7 Å². The first-order valence-electron chi connectivity index (χ1n) is 14.1. The molecule has 1 aliphatic heterocycles. The molecule has 0 aliphatic carbocycles. The fourth-order valence-corrected chi connectivity index (χ4v) is 4.83. The molecule has 0 saturated carbocycles. The number of hydrogen-bond acceptors (Lipinski definition) is 2. The topological polar surface area (TPSA) is 31.9 Å². The van der Waals surface area contributed by atoms with Crippen molar-refractivity contribution in [3.8, 4) is 11.1 Å². The minimum absolute atomic E-state index is 0. The summed E-state index contributed by atoms with van der Waals surface area (Å²) in [6.07, 6.45) is 7.69. The standard InChI is InChI=1S/C27H29N3.3C2H6.CH3.Y/c1-3-4-13-27-28-25-15-14-20(18-26(25)29-27)23-11-6-10-22-19(8-5-12-24(22)23)17-21-9-7-16-30(21)2;3*1-2;;/h5-6,8,10-15,18,21H,1,3-4,7,9,16-17H2,2H3,(H,28,29);3*1-2H3;1H3;/q-2;;;;-1;+3. The van der Waals surface area contributed by atoms with Crippen LogP contribution in [0.15, 0.2) is 54.6 Å². The number of likely N-dealkylation sites (N-methyl/N-ethyl adjacent to an activating group) is 1. The fourth-order valence-electron chi connectivity index (χ4n) is 4.83. The predicted octanol–water partition coefficient (Wildman–Crippen LogP) is 9.71. The van der Waals surface area contributed by atoms with E-state index in [-0.39, 0.29) is 40.1 Å². The first-order valence-corrected chi connectivity index (χ1v) is 14.1. The average Bonchev–Trinajstić information content (AvgIpc) is 3.55. The van der Waals surface area contributed by atoms with Crippen LogP contribution in [0.1, 0.15) is 78.6 Å². The minimum atomic E-state index is 0. The Balaban J connectivity index is 0.00000160. The molecule has 204 valence electrons. The Morgan fingerprint density at radius 1 is 0.974 bits per heavy atom. The second-order valence-corrected chi connectivity index (χ2v) is 8.50. The summed E-state index contributed by atoms with van der Waals surface area (Å²) in [7, 11) is 2.26. The Kier molecular flexibility index (Phi) is 18.5. The van der Waals surface area contributed by atoms with Gasteiger partial charge in [-0.05, 0) is 78.3 Å². The smallest absolute Gasteiger partial charge is 0.368 e. The Morgan fingerprint density at radius 3 is 2.32 bits per heavy atom. The second-order valence-electron chi connectivity index (χ2n) is 8.50. The normalized spacial score (nSPS) is 14.1. The van der Waals surface area contributed by atoms with Crippen LogP contribution < -0.4 is 0 Å². The van der Waals surface area contributed by atoms with E-state index in [0.29, 0.717) is 6.04 Å². The molecule has 0 spiro atoms. The van der Waals surface area contributed by atoms with Crippen LogP contribution in [0, 0.1) is 20.8 Å². The van der Waals surface area contributed by atoms with E-state index in [1.54, 1.807) is 0 Å². The number of aromatic nitrogens is 2. The van der Waals surface area contributed by atoms with Gasteiger partial charge in [-0.15, -0.1) is 0 Å². The number of hydrogen-bond donors (Lipinski definition) is 1. The molecule has 1 aromatic heterocycles. The summed E-state index contributed by atoms with van der Waals surface area (Å²) in [5.74, 6) is 0.937. The number of likely N-dealkylation sites (tertiary alicyclic amines) is 1. The van der Waals surface area contributed by atoms with E-state index in [0.717, 1.165) is 36.1 Å². The third-order valence-corrected chi connectivity index (χ3v) is 6.49. The third kappa shape index (κ3) is 8.93.